The molecular formula is C12H15ClN2. The summed E-state index contributed by atoms with van der Waals surface area (Å²) in [7, 11) is 0. The molecule has 2 atom stereocenters. The quantitative estimate of drug-likeness (QED) is 0.723. The van der Waals surface area contributed by atoms with Crippen LogP contribution >= 0.6 is 11.6 Å². The Hall–Kier alpha value is -0.730. The lowest BCUT2D eigenvalue weighted by Gasteiger charge is -2.38. The zero-order valence-corrected chi connectivity index (χ0v) is 9.59. The van der Waals surface area contributed by atoms with Gasteiger partial charge in [-0.25, -0.2) is 0 Å². The number of hydrogen-bond acceptors (Lipinski definition) is 2. The van der Waals surface area contributed by atoms with Crippen molar-refractivity contribution in [2.24, 2.45) is 0 Å². The number of benzene rings is 1. The predicted octanol–water partition coefficient (Wildman–Crippen LogP) is 2.06. The Morgan fingerprint density at radius 2 is 2.27 bits per heavy atom. The standard InChI is InChI=1S/C12H15ClN2/c1-8-6-14-7-11-4-9-2-3-10(13)5-12(9)15(8)11/h2-3,5,8,11,14H,4,6-7H2,1H3/t8-,11+/m0/s1. The van der Waals surface area contributed by atoms with Crippen molar-refractivity contribution < 1.29 is 0 Å². The molecule has 0 radical (unpaired) electrons. The minimum atomic E-state index is 0.573. The van der Waals surface area contributed by atoms with E-state index in [1.165, 1.54) is 11.3 Å². The van der Waals surface area contributed by atoms with Crippen LogP contribution < -0.4 is 10.2 Å². The molecule has 2 heterocycles. The van der Waals surface area contributed by atoms with Gasteiger partial charge in [-0.2, -0.15) is 0 Å². The summed E-state index contributed by atoms with van der Waals surface area (Å²) in [6.07, 6.45) is 1.16. The van der Waals surface area contributed by atoms with E-state index in [2.05, 4.69) is 29.3 Å². The number of nitrogens with zero attached hydrogens (tertiary/aromatic N) is 1. The molecule has 80 valence electrons. The summed E-state index contributed by atoms with van der Waals surface area (Å²) < 4.78 is 0. The molecule has 2 aliphatic rings. The molecule has 3 heteroatoms. The van der Waals surface area contributed by atoms with Gasteiger partial charge in [0.15, 0.2) is 0 Å². The Balaban J connectivity index is 2.04. The SMILES string of the molecule is C[C@H]1CNC[C@H]2Cc3ccc(Cl)cc3N21. The maximum absolute atomic E-state index is 6.06. The zero-order chi connectivity index (χ0) is 10.4. The first-order chi connectivity index (χ1) is 7.25. The number of fused-ring (bicyclic) bond motifs is 3. The van der Waals surface area contributed by atoms with Crippen LogP contribution in [0.5, 0.6) is 0 Å². The third-order valence-corrected chi connectivity index (χ3v) is 3.70. The number of nitrogens with one attached hydrogen (secondary N) is 1. The molecule has 2 nitrogen and oxygen atoms in total. The van der Waals surface area contributed by atoms with E-state index in [1.807, 2.05) is 6.07 Å². The van der Waals surface area contributed by atoms with E-state index >= 15 is 0 Å². The van der Waals surface area contributed by atoms with E-state index < -0.39 is 0 Å². The van der Waals surface area contributed by atoms with Gasteiger partial charge in [-0.1, -0.05) is 17.7 Å². The number of halogens is 1. The van der Waals surface area contributed by atoms with Gasteiger partial charge in [0.05, 0.1) is 0 Å². The molecule has 0 unspecified atom stereocenters. The highest BCUT2D eigenvalue weighted by atomic mass is 35.5. The molecule has 15 heavy (non-hydrogen) atoms. The van der Waals surface area contributed by atoms with Crippen molar-refractivity contribution in [2.45, 2.75) is 25.4 Å². The lowest BCUT2D eigenvalue weighted by Crippen LogP contribution is -2.54. The van der Waals surface area contributed by atoms with Crippen LogP contribution in [0.4, 0.5) is 5.69 Å². The van der Waals surface area contributed by atoms with Crippen LogP contribution in [0.2, 0.25) is 5.02 Å². The first-order valence-corrected chi connectivity index (χ1v) is 5.91. The normalized spacial score (nSPS) is 28.8. The first kappa shape index (κ1) is 9.49. The minimum Gasteiger partial charge on any atom is -0.363 e. The highest BCUT2D eigenvalue weighted by Crippen LogP contribution is 2.36. The van der Waals surface area contributed by atoms with Gasteiger partial charge < -0.3 is 10.2 Å². The molecule has 1 fully saturated rings. The van der Waals surface area contributed by atoms with Gasteiger partial charge in [-0.3, -0.25) is 0 Å². The second-order valence-corrected chi connectivity index (χ2v) is 4.98. The fraction of sp³-hybridized carbons (Fsp3) is 0.500. The van der Waals surface area contributed by atoms with Gasteiger partial charge in [0.2, 0.25) is 0 Å². The van der Waals surface area contributed by atoms with Crippen LogP contribution in [0.15, 0.2) is 18.2 Å². The van der Waals surface area contributed by atoms with E-state index in [0.717, 1.165) is 24.5 Å². The molecule has 0 saturated carbocycles. The summed E-state index contributed by atoms with van der Waals surface area (Å²) in [6.45, 7) is 4.44. The summed E-state index contributed by atoms with van der Waals surface area (Å²) >= 11 is 6.06. The topological polar surface area (TPSA) is 15.3 Å². The van der Waals surface area contributed by atoms with E-state index in [9.17, 15) is 0 Å². The zero-order valence-electron chi connectivity index (χ0n) is 8.83. The monoisotopic (exact) mass is 222 g/mol. The maximum atomic E-state index is 6.06. The molecule has 3 rings (SSSR count). The van der Waals surface area contributed by atoms with E-state index in [-0.39, 0.29) is 0 Å². The molecule has 1 aromatic rings. The lowest BCUT2D eigenvalue weighted by molar-refractivity contribution is 0.430. The lowest BCUT2D eigenvalue weighted by atomic mass is 10.1. The third-order valence-electron chi connectivity index (χ3n) is 3.47. The minimum absolute atomic E-state index is 0.573. The van der Waals surface area contributed by atoms with Crippen molar-refractivity contribution in [2.75, 3.05) is 18.0 Å². The Bertz CT molecular complexity index is 391. The van der Waals surface area contributed by atoms with Crippen molar-refractivity contribution in [3.63, 3.8) is 0 Å². The van der Waals surface area contributed by atoms with E-state index in [1.54, 1.807) is 0 Å². The summed E-state index contributed by atoms with van der Waals surface area (Å²) in [5.41, 5.74) is 2.79. The number of rotatable bonds is 0. The fourth-order valence-corrected chi connectivity index (χ4v) is 2.99. The van der Waals surface area contributed by atoms with E-state index in [0.29, 0.717) is 12.1 Å². The second kappa shape index (κ2) is 3.39. The second-order valence-electron chi connectivity index (χ2n) is 4.55. The van der Waals surface area contributed by atoms with Crippen molar-refractivity contribution in [3.8, 4) is 0 Å². The smallest absolute Gasteiger partial charge is 0.0459 e. The molecule has 0 aromatic heterocycles. The highest BCUT2D eigenvalue weighted by Gasteiger charge is 2.34. The van der Waals surface area contributed by atoms with Gasteiger partial charge in [0.25, 0.3) is 0 Å². The fourth-order valence-electron chi connectivity index (χ4n) is 2.82. The van der Waals surface area contributed by atoms with Crippen molar-refractivity contribution in [1.29, 1.82) is 0 Å². The maximum Gasteiger partial charge on any atom is 0.0459 e. The van der Waals surface area contributed by atoms with Crippen molar-refractivity contribution >= 4 is 17.3 Å². The molecular weight excluding hydrogens is 208 g/mol. The van der Waals surface area contributed by atoms with Gasteiger partial charge in [-0.15, -0.1) is 0 Å². The Labute approximate surface area is 95.2 Å². The molecule has 0 aliphatic carbocycles. The summed E-state index contributed by atoms with van der Waals surface area (Å²) in [5, 5.41) is 4.33. The molecule has 0 bridgehead atoms. The molecule has 1 aromatic carbocycles. The van der Waals surface area contributed by atoms with Gasteiger partial charge in [0, 0.05) is 35.9 Å². The summed E-state index contributed by atoms with van der Waals surface area (Å²) in [6, 6.07) is 7.48. The molecule has 2 aliphatic heterocycles. The Morgan fingerprint density at radius 3 is 3.13 bits per heavy atom. The molecule has 1 saturated heterocycles. The summed E-state index contributed by atoms with van der Waals surface area (Å²) in [4.78, 5) is 2.53. The van der Waals surface area contributed by atoms with Gasteiger partial charge >= 0.3 is 0 Å². The molecule has 0 amide bonds. The Morgan fingerprint density at radius 1 is 1.40 bits per heavy atom. The third kappa shape index (κ3) is 1.44. The molecule has 0 spiro atoms. The van der Waals surface area contributed by atoms with Crippen LogP contribution in [-0.2, 0) is 6.42 Å². The average Bonchev–Trinajstić information content (AvgIpc) is 2.57. The van der Waals surface area contributed by atoms with Crippen molar-refractivity contribution in [3.05, 3.63) is 28.8 Å². The first-order valence-electron chi connectivity index (χ1n) is 5.53. The van der Waals surface area contributed by atoms with Crippen LogP contribution in [0.1, 0.15) is 12.5 Å². The van der Waals surface area contributed by atoms with Crippen molar-refractivity contribution in [1.82, 2.24) is 5.32 Å². The Kier molecular flexibility index (Phi) is 2.15. The summed E-state index contributed by atoms with van der Waals surface area (Å²) in [5.74, 6) is 0. The van der Waals surface area contributed by atoms with Crippen LogP contribution in [-0.4, -0.2) is 25.2 Å². The predicted molar refractivity (Wildman–Crippen MR) is 63.8 cm³/mol. The van der Waals surface area contributed by atoms with Crippen LogP contribution in [0, 0.1) is 0 Å². The number of piperazine rings is 1. The average molecular weight is 223 g/mol. The number of anilines is 1. The number of hydrogen-bond donors (Lipinski definition) is 1. The van der Waals surface area contributed by atoms with Crippen LogP contribution in [0.25, 0.3) is 0 Å². The van der Waals surface area contributed by atoms with E-state index in [4.69, 9.17) is 11.6 Å². The molecule has 1 N–H and O–H groups in total. The van der Waals surface area contributed by atoms with Gasteiger partial charge in [-0.05, 0) is 31.0 Å². The largest absolute Gasteiger partial charge is 0.363 e. The highest BCUT2D eigenvalue weighted by molar-refractivity contribution is 6.30. The van der Waals surface area contributed by atoms with Crippen LogP contribution in [0.3, 0.4) is 0 Å². The van der Waals surface area contributed by atoms with Gasteiger partial charge in [0.1, 0.15) is 0 Å².